The van der Waals surface area contributed by atoms with Crippen molar-refractivity contribution in [2.24, 2.45) is 0 Å². The molecule has 0 saturated carbocycles. The van der Waals surface area contributed by atoms with E-state index in [0.29, 0.717) is 17.9 Å². The van der Waals surface area contributed by atoms with E-state index >= 15 is 0 Å². The number of aromatic nitrogens is 1. The molecule has 37 heavy (non-hydrogen) atoms. The van der Waals surface area contributed by atoms with Gasteiger partial charge >= 0.3 is 0 Å². The Morgan fingerprint density at radius 1 is 1.32 bits per heavy atom. The Kier molecular flexibility index (Phi) is 9.36. The zero-order valence-corrected chi connectivity index (χ0v) is 24.1. The number of fused-ring (bicyclic) bond motifs is 2. The fourth-order valence-corrected chi connectivity index (χ4v) is 7.33. The Morgan fingerprint density at radius 2 is 2.11 bits per heavy atom. The van der Waals surface area contributed by atoms with Crippen molar-refractivity contribution in [1.29, 1.82) is 0 Å². The second-order valence-corrected chi connectivity index (χ2v) is 13.0. The maximum Gasteiger partial charge on any atom is 0.269 e. The summed E-state index contributed by atoms with van der Waals surface area (Å²) in [5.41, 5.74) is 1.88. The molecule has 1 fully saturated rings. The van der Waals surface area contributed by atoms with Gasteiger partial charge in [0.25, 0.3) is 11.1 Å². The lowest BCUT2D eigenvalue weighted by molar-refractivity contribution is -0.146. The smallest absolute Gasteiger partial charge is 0.269 e. The van der Waals surface area contributed by atoms with Gasteiger partial charge in [-0.3, -0.25) is 19.3 Å². The van der Waals surface area contributed by atoms with Gasteiger partial charge in [0, 0.05) is 17.8 Å². The Balaban J connectivity index is 1.30. The molecular formula is C25H30ClN5O3S3. The van der Waals surface area contributed by atoms with E-state index in [1.807, 2.05) is 43.5 Å². The summed E-state index contributed by atoms with van der Waals surface area (Å²) in [7, 11) is 1.95. The van der Waals surface area contributed by atoms with Gasteiger partial charge in [0.1, 0.15) is 17.1 Å². The van der Waals surface area contributed by atoms with E-state index in [0.717, 1.165) is 27.5 Å². The molecule has 12 heteroatoms. The third-order valence-electron chi connectivity index (χ3n) is 6.29. The molecule has 3 heterocycles. The van der Waals surface area contributed by atoms with Crippen LogP contribution in [0.4, 0.5) is 0 Å². The minimum absolute atomic E-state index is 0.0600. The first-order valence-corrected chi connectivity index (χ1v) is 15.1. The highest BCUT2D eigenvalue weighted by Crippen LogP contribution is 2.41. The molecule has 1 aromatic carbocycles. The largest absolute Gasteiger partial charge is 0.341 e. The van der Waals surface area contributed by atoms with Crippen LogP contribution in [0.1, 0.15) is 20.3 Å². The highest BCUT2D eigenvalue weighted by Gasteiger charge is 2.53. The summed E-state index contributed by atoms with van der Waals surface area (Å²) in [6, 6.07) is 7.14. The Labute approximate surface area is 234 Å². The Morgan fingerprint density at radius 3 is 2.84 bits per heavy atom. The molecule has 2 atom stereocenters. The molecule has 0 spiro atoms. The number of hydrogen-bond acceptors (Lipinski definition) is 9. The molecule has 2 aromatic rings. The third kappa shape index (κ3) is 6.76. The normalized spacial score (nSPS) is 19.9. The van der Waals surface area contributed by atoms with Crippen LogP contribution in [0.3, 0.4) is 0 Å². The third-order valence-corrected chi connectivity index (χ3v) is 9.95. The Hall–Kier alpha value is -1.89. The number of benzene rings is 1. The van der Waals surface area contributed by atoms with Gasteiger partial charge in [0.05, 0.1) is 16.0 Å². The van der Waals surface area contributed by atoms with Crippen molar-refractivity contribution in [3.63, 3.8) is 0 Å². The SMILES string of the molecule is CNC(C)(C)CCNC/C=C/C1=C(C(=O)Cl)N2C(=O)[C@@H](NC(=O)CSc3nc4ccccc4s3)[C@H]2SC1. The summed E-state index contributed by atoms with van der Waals surface area (Å²) >= 11 is 10.3. The van der Waals surface area contributed by atoms with Gasteiger partial charge in [-0.05, 0) is 63.2 Å². The number of carbonyl (C=O) groups excluding carboxylic acids is 3. The number of allylic oxidation sites excluding steroid dienone is 2. The summed E-state index contributed by atoms with van der Waals surface area (Å²) in [5, 5.41) is 8.43. The van der Waals surface area contributed by atoms with Crippen molar-refractivity contribution < 1.29 is 14.4 Å². The van der Waals surface area contributed by atoms with Crippen LogP contribution >= 0.6 is 46.5 Å². The summed E-state index contributed by atoms with van der Waals surface area (Å²) < 4.78 is 1.87. The number of thioether (sulfide) groups is 2. The molecule has 4 rings (SSSR count). The number of halogens is 1. The van der Waals surface area contributed by atoms with E-state index in [1.165, 1.54) is 39.8 Å². The molecule has 3 N–H and O–H groups in total. The Bertz CT molecular complexity index is 1210. The average Bonchev–Trinajstić information content (AvgIpc) is 3.30. The van der Waals surface area contributed by atoms with Crippen molar-refractivity contribution in [3.05, 3.63) is 47.7 Å². The lowest BCUT2D eigenvalue weighted by atomic mass is 10.0. The zero-order chi connectivity index (χ0) is 26.6. The lowest BCUT2D eigenvalue weighted by Crippen LogP contribution is -2.70. The molecule has 1 saturated heterocycles. The lowest BCUT2D eigenvalue weighted by Gasteiger charge is -2.49. The monoisotopic (exact) mass is 579 g/mol. The number of rotatable bonds is 12. The van der Waals surface area contributed by atoms with E-state index in [-0.39, 0.29) is 34.2 Å². The molecule has 2 aliphatic rings. The van der Waals surface area contributed by atoms with Crippen molar-refractivity contribution >= 4 is 73.7 Å². The van der Waals surface area contributed by atoms with Gasteiger partial charge in [-0.2, -0.15) is 0 Å². The number of para-hydroxylation sites is 1. The van der Waals surface area contributed by atoms with E-state index in [2.05, 4.69) is 34.8 Å². The summed E-state index contributed by atoms with van der Waals surface area (Å²) in [6.07, 6.45) is 4.76. The van der Waals surface area contributed by atoms with Crippen molar-refractivity contribution in [3.8, 4) is 0 Å². The number of amides is 2. The van der Waals surface area contributed by atoms with Gasteiger partial charge in [-0.25, -0.2) is 4.98 Å². The van der Waals surface area contributed by atoms with Gasteiger partial charge in [-0.1, -0.05) is 36.0 Å². The number of thiazole rings is 1. The summed E-state index contributed by atoms with van der Waals surface area (Å²) in [4.78, 5) is 43.7. The van der Waals surface area contributed by atoms with Gasteiger partial charge in [-0.15, -0.1) is 23.1 Å². The van der Waals surface area contributed by atoms with Crippen LogP contribution in [0.5, 0.6) is 0 Å². The molecule has 198 valence electrons. The van der Waals surface area contributed by atoms with E-state index < -0.39 is 11.3 Å². The van der Waals surface area contributed by atoms with Crippen LogP contribution in [-0.4, -0.2) is 75.5 Å². The van der Waals surface area contributed by atoms with E-state index in [1.54, 1.807) is 0 Å². The predicted octanol–water partition coefficient (Wildman–Crippen LogP) is 3.34. The highest BCUT2D eigenvalue weighted by atomic mass is 35.5. The molecule has 0 bridgehead atoms. The van der Waals surface area contributed by atoms with Crippen molar-refractivity contribution in [2.45, 2.75) is 41.6 Å². The van der Waals surface area contributed by atoms with Crippen LogP contribution in [0, 0.1) is 0 Å². The topological polar surface area (TPSA) is 103 Å². The average molecular weight is 580 g/mol. The maximum atomic E-state index is 12.9. The predicted molar refractivity (Wildman–Crippen MR) is 153 cm³/mol. The zero-order valence-electron chi connectivity index (χ0n) is 20.9. The molecule has 0 aliphatic carbocycles. The molecule has 0 unspecified atom stereocenters. The van der Waals surface area contributed by atoms with Crippen molar-refractivity contribution in [1.82, 2.24) is 25.8 Å². The van der Waals surface area contributed by atoms with Gasteiger partial charge in [0.2, 0.25) is 5.91 Å². The van der Waals surface area contributed by atoms with Crippen LogP contribution < -0.4 is 16.0 Å². The van der Waals surface area contributed by atoms with E-state index in [9.17, 15) is 14.4 Å². The van der Waals surface area contributed by atoms with Crippen LogP contribution in [0.25, 0.3) is 10.2 Å². The molecule has 0 radical (unpaired) electrons. The fraction of sp³-hybridized carbons (Fsp3) is 0.440. The number of hydrogen-bond donors (Lipinski definition) is 3. The summed E-state index contributed by atoms with van der Waals surface area (Å²) in [6.45, 7) is 5.77. The first-order valence-electron chi connectivity index (χ1n) is 11.9. The standard InChI is InChI=1S/C25H30ClN5O3S3/c1-25(2,27-3)10-12-28-11-6-7-15-13-35-23-19(22(34)31(23)20(15)21(26)33)30-18(32)14-36-24-29-16-8-4-5-9-17(16)37-24/h4-9,19,23,27-28H,10-14H2,1-3H3,(H,30,32)/b7-6+/t19-,23-/m1/s1. The van der Waals surface area contributed by atoms with E-state index in [4.69, 9.17) is 11.6 Å². The quantitative estimate of drug-likeness (QED) is 0.152. The van der Waals surface area contributed by atoms with Crippen LogP contribution in [0.2, 0.25) is 0 Å². The van der Waals surface area contributed by atoms with Gasteiger partial charge < -0.3 is 16.0 Å². The first-order chi connectivity index (χ1) is 17.7. The maximum absolute atomic E-state index is 12.9. The number of carbonyl (C=O) groups is 3. The van der Waals surface area contributed by atoms with Crippen LogP contribution in [-0.2, 0) is 14.4 Å². The molecular weight excluding hydrogens is 550 g/mol. The van der Waals surface area contributed by atoms with Gasteiger partial charge in [0.15, 0.2) is 4.34 Å². The van der Waals surface area contributed by atoms with Crippen molar-refractivity contribution in [2.75, 3.05) is 31.6 Å². The first kappa shape index (κ1) is 28.1. The second kappa shape index (κ2) is 12.3. The highest BCUT2D eigenvalue weighted by molar-refractivity contribution is 8.01. The minimum Gasteiger partial charge on any atom is -0.341 e. The number of nitrogens with zero attached hydrogens (tertiary/aromatic N) is 2. The molecule has 2 aliphatic heterocycles. The molecule has 1 aromatic heterocycles. The molecule has 8 nitrogen and oxygen atoms in total. The summed E-state index contributed by atoms with van der Waals surface area (Å²) in [5.74, 6) is 0.116. The minimum atomic E-state index is -0.679. The number of β-lactam (4-membered cyclic amide) rings is 1. The fourth-order valence-electron chi connectivity index (χ4n) is 3.92. The molecule has 2 amide bonds. The second-order valence-electron chi connectivity index (χ2n) is 9.33. The van der Waals surface area contributed by atoms with Crippen LogP contribution in [0.15, 0.2) is 52.0 Å². The number of nitrogens with one attached hydrogen (secondary N) is 3.